The van der Waals surface area contributed by atoms with Crippen molar-refractivity contribution in [2.45, 2.75) is 79.1 Å². The number of hydrogen-bond donors (Lipinski definition) is 0. The Morgan fingerprint density at radius 3 is 0.844 bits per heavy atom. The van der Waals surface area contributed by atoms with Crippen LogP contribution in [0, 0.1) is 0 Å². The monoisotopic (exact) mass is 910 g/mol. The second kappa shape index (κ2) is 21.4. The van der Waals surface area contributed by atoms with Crippen LogP contribution >= 0.6 is 24.3 Å². The molecule has 0 radical (unpaired) electrons. The van der Waals surface area contributed by atoms with E-state index in [0.717, 1.165) is 22.3 Å². The summed E-state index contributed by atoms with van der Waals surface area (Å²) in [7, 11) is -8.16. The standard InChI is InChI=1S/C54H57O7P3/c1-38(2)43-26-12-16-30-47(43)56-62(57-48-31-17-13-27-44(48)39(3)4)60-51-34-20-22-36-53(51)64(55,42-24-10-9-11-25-42)54-37-23-21-35-52(54)61-63(58-49-32-18-14-28-45(49)40(5)6)59-50-33-19-15-29-46(50)41(7)8/h9-41H,1-8H3. The van der Waals surface area contributed by atoms with Crippen LogP contribution in [0.1, 0.15) is 101 Å². The second-order valence-electron chi connectivity index (χ2n) is 16.6. The van der Waals surface area contributed by atoms with Gasteiger partial charge < -0.3 is 31.7 Å². The lowest BCUT2D eigenvalue weighted by Gasteiger charge is -2.27. The predicted molar refractivity (Wildman–Crippen MR) is 266 cm³/mol. The summed E-state index contributed by atoms with van der Waals surface area (Å²) in [6, 6.07) is 56.0. The van der Waals surface area contributed by atoms with Crippen molar-refractivity contribution in [1.82, 2.24) is 0 Å². The van der Waals surface area contributed by atoms with Crippen molar-refractivity contribution >= 4 is 40.3 Å². The number of benzene rings is 7. The van der Waals surface area contributed by atoms with Gasteiger partial charge in [-0.2, -0.15) is 0 Å². The van der Waals surface area contributed by atoms with Crippen LogP contribution < -0.4 is 43.1 Å². The Kier molecular flexibility index (Phi) is 15.5. The number of para-hydroxylation sites is 6. The van der Waals surface area contributed by atoms with Gasteiger partial charge in [-0.25, -0.2) is 0 Å². The van der Waals surface area contributed by atoms with Gasteiger partial charge in [0.25, 0.3) is 0 Å². The average molecular weight is 911 g/mol. The minimum Gasteiger partial charge on any atom is -0.408 e. The molecule has 0 saturated carbocycles. The molecule has 0 unspecified atom stereocenters. The van der Waals surface area contributed by atoms with Crippen molar-refractivity contribution < 1.29 is 31.7 Å². The van der Waals surface area contributed by atoms with Gasteiger partial charge in [-0.15, -0.1) is 0 Å². The third kappa shape index (κ3) is 10.8. The van der Waals surface area contributed by atoms with E-state index in [-0.39, 0.29) is 23.7 Å². The van der Waals surface area contributed by atoms with Crippen LogP contribution in [0.15, 0.2) is 176 Å². The molecule has 0 aliphatic carbocycles. The van der Waals surface area contributed by atoms with Crippen molar-refractivity contribution in [3.63, 3.8) is 0 Å². The third-order valence-corrected chi connectivity index (χ3v) is 15.9. The zero-order valence-corrected chi connectivity index (χ0v) is 40.4. The molecule has 0 heterocycles. The first-order valence-corrected chi connectivity index (χ1v) is 25.7. The van der Waals surface area contributed by atoms with E-state index in [9.17, 15) is 0 Å². The lowest BCUT2D eigenvalue weighted by molar-refractivity contribution is 0.383. The summed E-state index contributed by atoms with van der Waals surface area (Å²) in [4.78, 5) is 0. The molecule has 0 atom stereocenters. The molecule has 0 bridgehead atoms. The van der Waals surface area contributed by atoms with E-state index in [1.54, 1.807) is 0 Å². The maximum atomic E-state index is 16.7. The van der Waals surface area contributed by atoms with Crippen LogP contribution in [-0.4, -0.2) is 0 Å². The van der Waals surface area contributed by atoms with E-state index in [0.29, 0.717) is 50.4 Å². The Bertz CT molecular complexity index is 2400. The van der Waals surface area contributed by atoms with Gasteiger partial charge in [-0.3, -0.25) is 0 Å². The quantitative estimate of drug-likeness (QED) is 0.0748. The van der Waals surface area contributed by atoms with Crippen LogP contribution in [0.5, 0.6) is 34.5 Å². The summed E-state index contributed by atoms with van der Waals surface area (Å²) >= 11 is 0. The molecule has 64 heavy (non-hydrogen) atoms. The summed E-state index contributed by atoms with van der Waals surface area (Å²) in [5, 5.41) is 1.49. The predicted octanol–water partition coefficient (Wildman–Crippen LogP) is 15.3. The summed E-state index contributed by atoms with van der Waals surface area (Å²) in [5.41, 5.74) is 4.06. The average Bonchev–Trinajstić information content (AvgIpc) is 3.30. The SMILES string of the molecule is CC(C)c1ccccc1OP(Oc1ccccc1C(C)C)Oc1ccccc1P(=O)(c1ccccc1)c1ccccc1OP(Oc1ccccc1C(C)C)Oc1ccccc1C(C)C. The molecular formula is C54H57O7P3. The maximum absolute atomic E-state index is 16.7. The van der Waals surface area contributed by atoms with Crippen molar-refractivity contribution in [2.75, 3.05) is 0 Å². The van der Waals surface area contributed by atoms with Gasteiger partial charge >= 0.3 is 17.2 Å². The van der Waals surface area contributed by atoms with Gasteiger partial charge in [0.15, 0.2) is 7.14 Å². The fraction of sp³-hybridized carbons (Fsp3) is 0.222. The first-order chi connectivity index (χ1) is 30.9. The van der Waals surface area contributed by atoms with E-state index in [1.807, 2.05) is 152 Å². The molecule has 7 aromatic rings. The molecule has 0 N–H and O–H groups in total. The molecule has 330 valence electrons. The molecule has 0 spiro atoms. The van der Waals surface area contributed by atoms with E-state index < -0.39 is 24.3 Å². The van der Waals surface area contributed by atoms with Crippen LogP contribution in [-0.2, 0) is 4.57 Å². The molecule has 0 saturated heterocycles. The number of hydrogen-bond acceptors (Lipinski definition) is 7. The zero-order valence-electron chi connectivity index (χ0n) is 37.8. The van der Waals surface area contributed by atoms with Gasteiger partial charge in [-0.1, -0.05) is 183 Å². The molecule has 7 aromatic carbocycles. The van der Waals surface area contributed by atoms with Crippen molar-refractivity contribution in [1.29, 1.82) is 0 Å². The van der Waals surface area contributed by atoms with Crippen LogP contribution in [0.3, 0.4) is 0 Å². The van der Waals surface area contributed by atoms with E-state index in [2.05, 4.69) is 79.7 Å². The summed E-state index contributed by atoms with van der Waals surface area (Å²) in [6.07, 6.45) is 0. The van der Waals surface area contributed by atoms with Gasteiger partial charge in [0.05, 0.1) is 10.6 Å². The second-order valence-corrected chi connectivity index (χ2v) is 21.3. The van der Waals surface area contributed by atoms with Crippen LogP contribution in [0.2, 0.25) is 0 Å². The molecule has 0 aliphatic heterocycles. The lowest BCUT2D eigenvalue weighted by Crippen LogP contribution is -2.27. The van der Waals surface area contributed by atoms with Gasteiger partial charge in [-0.05, 0) is 94.5 Å². The molecule has 0 fully saturated rings. The Morgan fingerprint density at radius 2 is 0.547 bits per heavy atom. The van der Waals surface area contributed by atoms with Crippen molar-refractivity contribution in [3.8, 4) is 34.5 Å². The Labute approximate surface area is 382 Å². The molecule has 0 aliphatic rings. The Balaban J connectivity index is 1.35. The fourth-order valence-corrected chi connectivity index (χ4v) is 12.6. The molecule has 0 aromatic heterocycles. The van der Waals surface area contributed by atoms with Crippen molar-refractivity contribution in [3.05, 3.63) is 198 Å². The molecule has 7 rings (SSSR count). The van der Waals surface area contributed by atoms with E-state index in [1.165, 1.54) is 0 Å². The highest BCUT2D eigenvalue weighted by molar-refractivity contribution is 7.85. The van der Waals surface area contributed by atoms with Gasteiger partial charge in [0.1, 0.15) is 34.5 Å². The lowest BCUT2D eigenvalue weighted by atomic mass is 10.0. The van der Waals surface area contributed by atoms with Crippen molar-refractivity contribution in [2.24, 2.45) is 0 Å². The summed E-state index contributed by atoms with van der Waals surface area (Å²) in [5.74, 6) is 4.02. The molecule has 7 nitrogen and oxygen atoms in total. The Morgan fingerprint density at radius 1 is 0.312 bits per heavy atom. The summed E-state index contributed by atoms with van der Waals surface area (Å²) < 4.78 is 57.6. The minimum atomic E-state index is -3.85. The van der Waals surface area contributed by atoms with Crippen LogP contribution in [0.4, 0.5) is 0 Å². The zero-order chi connectivity index (χ0) is 45.2. The topological polar surface area (TPSA) is 72.5 Å². The van der Waals surface area contributed by atoms with E-state index in [4.69, 9.17) is 27.1 Å². The summed E-state index contributed by atoms with van der Waals surface area (Å²) in [6.45, 7) is 17.0. The highest BCUT2D eigenvalue weighted by Crippen LogP contribution is 2.53. The normalized spacial score (nSPS) is 11.7. The Hall–Kier alpha value is -5.57. The molecular weight excluding hydrogens is 854 g/mol. The molecule has 10 heteroatoms. The first-order valence-electron chi connectivity index (χ1n) is 21.8. The highest BCUT2D eigenvalue weighted by atomic mass is 31.2. The minimum absolute atomic E-state index is 0.175. The smallest absolute Gasteiger partial charge is 0.408 e. The third-order valence-electron chi connectivity index (χ3n) is 10.7. The molecule has 0 amide bonds. The fourth-order valence-electron chi connectivity index (χ4n) is 7.39. The highest BCUT2D eigenvalue weighted by Gasteiger charge is 2.38. The largest absolute Gasteiger partial charge is 0.530 e. The van der Waals surface area contributed by atoms with E-state index >= 15 is 4.57 Å². The first kappa shape index (κ1) is 46.4. The van der Waals surface area contributed by atoms with Gasteiger partial charge in [0.2, 0.25) is 0 Å². The maximum Gasteiger partial charge on any atom is 0.530 e. The number of rotatable bonds is 19. The van der Waals surface area contributed by atoms with Gasteiger partial charge in [0, 0.05) is 5.30 Å². The van der Waals surface area contributed by atoms with Crippen LogP contribution in [0.25, 0.3) is 0 Å².